The second kappa shape index (κ2) is 8.21. The first-order valence-electron chi connectivity index (χ1n) is 8.50. The lowest BCUT2D eigenvalue weighted by Crippen LogP contribution is -2.03. The zero-order chi connectivity index (χ0) is 18.4. The van der Waals surface area contributed by atoms with Gasteiger partial charge in [-0.1, -0.05) is 60.1 Å². The van der Waals surface area contributed by atoms with Gasteiger partial charge in [-0.3, -0.25) is 4.79 Å². The smallest absolute Gasteiger partial charge is 0.187 e. The van der Waals surface area contributed by atoms with Crippen molar-refractivity contribution in [3.63, 3.8) is 0 Å². The Hall–Kier alpha value is -3.27. The highest BCUT2D eigenvalue weighted by Gasteiger charge is 2.07. The molecule has 0 amide bonds. The summed E-state index contributed by atoms with van der Waals surface area (Å²) in [6.45, 7) is 1.86. The molecule has 3 aromatic carbocycles. The van der Waals surface area contributed by atoms with E-state index in [2.05, 4.69) is 5.32 Å². The first-order chi connectivity index (χ1) is 12.6. The second-order valence-electron chi connectivity index (χ2n) is 6.09. The number of ketones is 1. The van der Waals surface area contributed by atoms with Crippen LogP contribution in [0.1, 0.15) is 17.3 Å². The Balaban J connectivity index is 1.76. The molecule has 0 saturated carbocycles. The van der Waals surface area contributed by atoms with Crippen molar-refractivity contribution >= 4 is 24.8 Å². The summed E-state index contributed by atoms with van der Waals surface area (Å²) in [5.41, 5.74) is 3.40. The van der Waals surface area contributed by atoms with Crippen molar-refractivity contribution in [1.29, 1.82) is 0 Å². The van der Waals surface area contributed by atoms with Crippen LogP contribution in [0.3, 0.4) is 0 Å². The molecule has 0 heterocycles. The standard InChI is InChI=1S/C22H20BNO2/c1-16(15-21(25)17-7-3-2-4-8-17)24-20-9-5-6-10-22(20)26-19-13-11-18(23)12-14-19/h2-15,24H,23H2,1H3/b16-15-. The van der Waals surface area contributed by atoms with Gasteiger partial charge >= 0.3 is 0 Å². The van der Waals surface area contributed by atoms with Gasteiger partial charge in [-0.2, -0.15) is 0 Å². The first-order valence-corrected chi connectivity index (χ1v) is 8.50. The van der Waals surface area contributed by atoms with E-state index in [1.54, 1.807) is 18.2 Å². The molecule has 0 aliphatic heterocycles. The van der Waals surface area contributed by atoms with E-state index in [4.69, 9.17) is 4.74 Å². The van der Waals surface area contributed by atoms with Gasteiger partial charge in [0.15, 0.2) is 11.5 Å². The van der Waals surface area contributed by atoms with Crippen molar-refractivity contribution in [2.75, 3.05) is 5.32 Å². The van der Waals surface area contributed by atoms with Crippen molar-refractivity contribution in [3.8, 4) is 11.5 Å². The number of hydrogen-bond acceptors (Lipinski definition) is 3. The van der Waals surface area contributed by atoms with E-state index in [1.807, 2.05) is 81.5 Å². The highest BCUT2D eigenvalue weighted by atomic mass is 16.5. The summed E-state index contributed by atoms with van der Waals surface area (Å²) in [5.74, 6) is 1.44. The maximum Gasteiger partial charge on any atom is 0.187 e. The fraction of sp³-hybridized carbons (Fsp3) is 0.0455. The molecule has 0 spiro atoms. The molecule has 0 aliphatic carbocycles. The zero-order valence-corrected chi connectivity index (χ0v) is 14.9. The number of nitrogens with one attached hydrogen (secondary N) is 1. The minimum absolute atomic E-state index is 0.0347. The van der Waals surface area contributed by atoms with Crippen LogP contribution in [0.15, 0.2) is 90.6 Å². The van der Waals surface area contributed by atoms with Crippen LogP contribution in [-0.4, -0.2) is 13.6 Å². The van der Waals surface area contributed by atoms with Gasteiger partial charge in [0.25, 0.3) is 0 Å². The number of allylic oxidation sites excluding steroid dienone is 2. The second-order valence-corrected chi connectivity index (χ2v) is 6.09. The average Bonchev–Trinajstić information content (AvgIpc) is 2.66. The molecule has 4 heteroatoms. The molecule has 1 N–H and O–H groups in total. The van der Waals surface area contributed by atoms with Gasteiger partial charge in [0, 0.05) is 17.3 Å². The van der Waals surface area contributed by atoms with Crippen LogP contribution in [0.5, 0.6) is 11.5 Å². The van der Waals surface area contributed by atoms with Crippen LogP contribution in [0.25, 0.3) is 0 Å². The molecule has 0 saturated heterocycles. The van der Waals surface area contributed by atoms with E-state index >= 15 is 0 Å². The molecule has 3 nitrogen and oxygen atoms in total. The zero-order valence-electron chi connectivity index (χ0n) is 14.9. The minimum Gasteiger partial charge on any atom is -0.455 e. The van der Waals surface area contributed by atoms with Crippen molar-refractivity contribution in [3.05, 3.63) is 96.2 Å². The molecule has 0 radical (unpaired) electrons. The van der Waals surface area contributed by atoms with Crippen LogP contribution in [-0.2, 0) is 0 Å². The SMILES string of the molecule is Bc1ccc(Oc2ccccc2N/C(C)=C\C(=O)c2ccccc2)cc1. The summed E-state index contributed by atoms with van der Waals surface area (Å²) in [6.07, 6.45) is 1.60. The number of anilines is 1. The first kappa shape index (κ1) is 17.6. The third-order valence-electron chi connectivity index (χ3n) is 3.87. The Labute approximate surface area is 154 Å². The number of carbonyl (C=O) groups is 1. The molecule has 0 aliphatic rings. The van der Waals surface area contributed by atoms with Crippen molar-refractivity contribution in [2.45, 2.75) is 6.92 Å². The molecule has 26 heavy (non-hydrogen) atoms. The summed E-state index contributed by atoms with van der Waals surface area (Å²) < 4.78 is 5.98. The van der Waals surface area contributed by atoms with E-state index in [9.17, 15) is 4.79 Å². The number of hydrogen-bond donors (Lipinski definition) is 1. The number of para-hydroxylation sites is 2. The van der Waals surface area contributed by atoms with Crippen LogP contribution in [0, 0.1) is 0 Å². The van der Waals surface area contributed by atoms with E-state index in [0.717, 1.165) is 17.1 Å². The predicted octanol–water partition coefficient (Wildman–Crippen LogP) is 3.94. The Morgan fingerprint density at radius 2 is 1.58 bits per heavy atom. The third kappa shape index (κ3) is 4.64. The van der Waals surface area contributed by atoms with Crippen molar-refractivity contribution in [2.24, 2.45) is 0 Å². The van der Waals surface area contributed by atoms with Gasteiger partial charge in [-0.15, -0.1) is 0 Å². The summed E-state index contributed by atoms with van der Waals surface area (Å²) in [6, 6.07) is 24.8. The quantitative estimate of drug-likeness (QED) is 0.419. The van der Waals surface area contributed by atoms with Gasteiger partial charge in [0.2, 0.25) is 0 Å². The molecule has 0 atom stereocenters. The molecule has 0 unspecified atom stereocenters. The van der Waals surface area contributed by atoms with Gasteiger partial charge in [0.05, 0.1) is 5.69 Å². The van der Waals surface area contributed by atoms with E-state index < -0.39 is 0 Å². The highest BCUT2D eigenvalue weighted by Crippen LogP contribution is 2.29. The molecule has 3 aromatic rings. The maximum absolute atomic E-state index is 12.3. The van der Waals surface area contributed by atoms with Gasteiger partial charge in [-0.25, -0.2) is 0 Å². The summed E-state index contributed by atoms with van der Waals surface area (Å²) in [7, 11) is 2.04. The normalized spacial score (nSPS) is 11.0. The predicted molar refractivity (Wildman–Crippen MR) is 109 cm³/mol. The van der Waals surface area contributed by atoms with Gasteiger partial charge in [0.1, 0.15) is 13.6 Å². The van der Waals surface area contributed by atoms with Crippen LogP contribution in [0.2, 0.25) is 0 Å². The molecule has 3 rings (SSSR count). The molecule has 0 fully saturated rings. The highest BCUT2D eigenvalue weighted by molar-refractivity contribution is 6.32. The minimum atomic E-state index is -0.0347. The third-order valence-corrected chi connectivity index (χ3v) is 3.87. The lowest BCUT2D eigenvalue weighted by atomic mass is 9.97. The molecular weight excluding hydrogens is 321 g/mol. The molecule has 0 bridgehead atoms. The van der Waals surface area contributed by atoms with Crippen LogP contribution in [0.4, 0.5) is 5.69 Å². The Morgan fingerprint density at radius 3 is 2.31 bits per heavy atom. The number of ether oxygens (including phenoxy) is 1. The Kier molecular flexibility index (Phi) is 5.54. The Bertz CT molecular complexity index is 918. The maximum atomic E-state index is 12.3. The summed E-state index contributed by atoms with van der Waals surface area (Å²) in [4.78, 5) is 12.3. The number of benzene rings is 3. The van der Waals surface area contributed by atoms with Crippen LogP contribution < -0.4 is 15.5 Å². The molecule has 128 valence electrons. The van der Waals surface area contributed by atoms with E-state index in [-0.39, 0.29) is 5.78 Å². The van der Waals surface area contributed by atoms with Crippen molar-refractivity contribution < 1.29 is 9.53 Å². The summed E-state index contributed by atoms with van der Waals surface area (Å²) in [5, 5.41) is 3.26. The largest absolute Gasteiger partial charge is 0.455 e. The van der Waals surface area contributed by atoms with Crippen LogP contribution >= 0.6 is 0 Å². The fourth-order valence-corrected chi connectivity index (χ4v) is 2.52. The molecule has 0 aromatic heterocycles. The lowest BCUT2D eigenvalue weighted by molar-refractivity contribution is 0.104. The van der Waals surface area contributed by atoms with Crippen molar-refractivity contribution in [1.82, 2.24) is 0 Å². The monoisotopic (exact) mass is 341 g/mol. The number of carbonyl (C=O) groups excluding carboxylic acids is 1. The molecular formula is C22H20BNO2. The topological polar surface area (TPSA) is 38.3 Å². The lowest BCUT2D eigenvalue weighted by Gasteiger charge is -2.13. The summed E-state index contributed by atoms with van der Waals surface area (Å²) >= 11 is 0. The van der Waals surface area contributed by atoms with Gasteiger partial charge < -0.3 is 10.1 Å². The fourth-order valence-electron chi connectivity index (χ4n) is 2.52. The average molecular weight is 341 g/mol. The van der Waals surface area contributed by atoms with Gasteiger partial charge in [-0.05, 0) is 31.2 Å². The van der Waals surface area contributed by atoms with E-state index in [0.29, 0.717) is 11.3 Å². The number of rotatable bonds is 6. The van der Waals surface area contributed by atoms with E-state index in [1.165, 1.54) is 5.46 Å². The Morgan fingerprint density at radius 1 is 0.923 bits per heavy atom.